The molecular formula is CBF7Na2O3S. The number of rotatable bonds is 0. The van der Waals surface area contributed by atoms with Crippen molar-refractivity contribution in [1.82, 2.24) is 0 Å². The van der Waals surface area contributed by atoms with E-state index in [1.807, 2.05) is 0 Å². The first-order chi connectivity index (χ1) is 5.25. The van der Waals surface area contributed by atoms with E-state index < -0.39 is 22.9 Å². The quantitative estimate of drug-likeness (QED) is 0.194. The van der Waals surface area contributed by atoms with E-state index in [1.165, 1.54) is 0 Å². The van der Waals surface area contributed by atoms with Crippen LogP contribution in [0.25, 0.3) is 0 Å². The summed E-state index contributed by atoms with van der Waals surface area (Å²) in [7, 11) is -12.1. The first kappa shape index (κ1) is 25.4. The molecule has 0 saturated carbocycles. The van der Waals surface area contributed by atoms with E-state index in [0.717, 1.165) is 0 Å². The van der Waals surface area contributed by atoms with Gasteiger partial charge in [-0.1, -0.05) is 0 Å². The van der Waals surface area contributed by atoms with Gasteiger partial charge in [0.2, 0.25) is 0 Å². The average Bonchev–Trinajstić information content (AvgIpc) is 1.50. The van der Waals surface area contributed by atoms with Crippen LogP contribution in [0, 0.1) is 0 Å². The van der Waals surface area contributed by atoms with Gasteiger partial charge in [0.25, 0.3) is 0 Å². The van der Waals surface area contributed by atoms with Crippen molar-refractivity contribution in [2.45, 2.75) is 5.51 Å². The molecule has 3 nitrogen and oxygen atoms in total. The molecule has 0 N–H and O–H groups in total. The Kier molecular flexibility index (Phi) is 14.5. The third-order valence-corrected chi connectivity index (χ3v) is 0.850. The van der Waals surface area contributed by atoms with Crippen LogP contribution < -0.4 is 59.1 Å². The van der Waals surface area contributed by atoms with Gasteiger partial charge in [-0.2, -0.15) is 13.2 Å². The molecule has 0 aliphatic carbocycles. The summed E-state index contributed by atoms with van der Waals surface area (Å²) in [6.45, 7) is 0. The van der Waals surface area contributed by atoms with Crippen LogP contribution in [0.1, 0.15) is 0 Å². The molecule has 82 valence electrons. The van der Waals surface area contributed by atoms with Gasteiger partial charge in [0, 0.05) is 0 Å². The van der Waals surface area contributed by atoms with Gasteiger partial charge in [-0.15, -0.1) is 0 Å². The van der Waals surface area contributed by atoms with E-state index in [-0.39, 0.29) is 59.1 Å². The summed E-state index contributed by atoms with van der Waals surface area (Å²) in [6, 6.07) is 0. The van der Waals surface area contributed by atoms with Gasteiger partial charge < -0.3 is 21.8 Å². The molecule has 14 heteroatoms. The number of alkyl halides is 3. The molecule has 0 aromatic heterocycles. The van der Waals surface area contributed by atoms with E-state index >= 15 is 0 Å². The van der Waals surface area contributed by atoms with Crippen molar-refractivity contribution >= 4 is 17.4 Å². The minimum Gasteiger partial charge on any atom is -0.741 e. The zero-order chi connectivity index (χ0) is 11.5. The summed E-state index contributed by atoms with van der Waals surface area (Å²) >= 11 is 0. The molecule has 0 aromatic carbocycles. The first-order valence-corrected chi connectivity index (χ1v) is 3.55. The minimum atomic E-state index is -6.09. The van der Waals surface area contributed by atoms with Gasteiger partial charge in [-0.05, 0) is 0 Å². The average molecular weight is 282 g/mol. The van der Waals surface area contributed by atoms with Crippen LogP contribution >= 0.6 is 0 Å². The van der Waals surface area contributed by atoms with Gasteiger partial charge >= 0.3 is 71.9 Å². The molecule has 0 aliphatic heterocycles. The molecular weight excluding hydrogens is 282 g/mol. The van der Waals surface area contributed by atoms with E-state index in [0.29, 0.717) is 0 Å². The second-order valence-corrected chi connectivity index (χ2v) is 2.77. The zero-order valence-electron chi connectivity index (χ0n) is 7.36. The molecule has 15 heavy (non-hydrogen) atoms. The molecule has 0 aliphatic rings. The Morgan fingerprint density at radius 3 is 1.00 bits per heavy atom. The van der Waals surface area contributed by atoms with Crippen molar-refractivity contribution in [3.05, 3.63) is 0 Å². The molecule has 0 heterocycles. The molecule has 0 unspecified atom stereocenters. The molecule has 0 bridgehead atoms. The normalized spacial score (nSPS) is 11.5. The summed E-state index contributed by atoms with van der Waals surface area (Å²) in [6.07, 6.45) is 0. The molecule has 0 atom stereocenters. The third kappa shape index (κ3) is 25.6. The Morgan fingerprint density at radius 1 is 0.933 bits per heavy atom. The van der Waals surface area contributed by atoms with Crippen molar-refractivity contribution in [1.29, 1.82) is 0 Å². The fourth-order valence-electron chi connectivity index (χ4n) is 0. The molecule has 0 aromatic rings. The maximum absolute atomic E-state index is 10.7. The molecule has 0 fully saturated rings. The summed E-state index contributed by atoms with van der Waals surface area (Å²) in [5.41, 5.74) is -5.65. The summed E-state index contributed by atoms with van der Waals surface area (Å²) in [5.74, 6) is 0. The maximum atomic E-state index is 10.7. The van der Waals surface area contributed by atoms with Crippen LogP contribution in [0.3, 0.4) is 0 Å². The Bertz CT molecular complexity index is 238. The Morgan fingerprint density at radius 2 is 1.00 bits per heavy atom. The van der Waals surface area contributed by atoms with Crippen LogP contribution in [0.15, 0.2) is 0 Å². The monoisotopic (exact) mass is 282 g/mol. The summed E-state index contributed by atoms with van der Waals surface area (Å²) in [5, 5.41) is 0. The molecule has 0 amide bonds. The van der Waals surface area contributed by atoms with Crippen LogP contribution in [-0.4, -0.2) is 25.7 Å². The van der Waals surface area contributed by atoms with Crippen LogP contribution in [0.5, 0.6) is 0 Å². The van der Waals surface area contributed by atoms with Crippen molar-refractivity contribution in [2.24, 2.45) is 0 Å². The van der Waals surface area contributed by atoms with Crippen LogP contribution in [0.2, 0.25) is 0 Å². The van der Waals surface area contributed by atoms with Crippen LogP contribution in [-0.2, 0) is 10.1 Å². The fraction of sp³-hybridized carbons (Fsp3) is 1.00. The van der Waals surface area contributed by atoms with E-state index in [1.54, 1.807) is 0 Å². The van der Waals surface area contributed by atoms with Crippen molar-refractivity contribution in [3.63, 3.8) is 0 Å². The largest absolute Gasteiger partial charge is 1.00 e. The van der Waals surface area contributed by atoms with Gasteiger partial charge in [0.15, 0.2) is 10.1 Å². The Hall–Kier alpha value is 1.48. The Balaban J connectivity index is -0.0000000770. The number of halogens is 7. The summed E-state index contributed by atoms with van der Waals surface area (Å²) in [4.78, 5) is 0. The van der Waals surface area contributed by atoms with Gasteiger partial charge in [0.05, 0.1) is 0 Å². The number of hydrogen-bond donors (Lipinski definition) is 0. The number of hydrogen-bond acceptors (Lipinski definition) is 3. The predicted octanol–water partition coefficient (Wildman–Crippen LogP) is -4.64. The van der Waals surface area contributed by atoms with Crippen molar-refractivity contribution in [2.75, 3.05) is 0 Å². The second kappa shape index (κ2) is 8.56. The third-order valence-electron chi connectivity index (χ3n) is 0.283. The van der Waals surface area contributed by atoms with Gasteiger partial charge in [0.1, 0.15) is 0 Å². The SMILES string of the molecule is F[B-](F)(F)F.O=S(=O)([O-])C(F)(F)F.[Na+].[Na+]. The molecule has 0 saturated heterocycles. The predicted molar refractivity (Wildman–Crippen MR) is 25.9 cm³/mol. The van der Waals surface area contributed by atoms with E-state index in [9.17, 15) is 30.4 Å². The molecule has 0 rings (SSSR count). The topological polar surface area (TPSA) is 57.2 Å². The standard InChI is InChI=1S/CHF3O3S.BF4.2Na/c2-1(3,4)8(5,6)7;2-1(3,4)5;;/h(H,5,6,7);;;/q;-1;2*+1/p-1. The van der Waals surface area contributed by atoms with Gasteiger partial charge in [-0.25, -0.2) is 8.42 Å². The van der Waals surface area contributed by atoms with E-state index in [2.05, 4.69) is 0 Å². The minimum absolute atomic E-state index is 0. The summed E-state index contributed by atoms with van der Waals surface area (Å²) < 4.78 is 97.9. The molecule has 0 radical (unpaired) electrons. The zero-order valence-corrected chi connectivity index (χ0v) is 12.2. The van der Waals surface area contributed by atoms with Crippen molar-refractivity contribution in [3.8, 4) is 0 Å². The Labute approximate surface area is 124 Å². The smallest absolute Gasteiger partial charge is 0.741 e. The van der Waals surface area contributed by atoms with Crippen molar-refractivity contribution < 1.29 is 103 Å². The first-order valence-electron chi connectivity index (χ1n) is 2.14. The van der Waals surface area contributed by atoms with E-state index in [4.69, 9.17) is 13.0 Å². The van der Waals surface area contributed by atoms with Crippen LogP contribution in [0.4, 0.5) is 30.4 Å². The fourth-order valence-corrected chi connectivity index (χ4v) is 0. The molecule has 0 spiro atoms. The maximum Gasteiger partial charge on any atom is 1.00 e. The second-order valence-electron chi connectivity index (χ2n) is 1.39. The van der Waals surface area contributed by atoms with Gasteiger partial charge in [-0.3, -0.25) is 0 Å².